The molecule has 9 heteroatoms. The van der Waals surface area contributed by atoms with Crippen molar-refractivity contribution < 1.29 is 14.6 Å². The zero-order valence-corrected chi connectivity index (χ0v) is 17.2. The molecule has 0 spiro atoms. The highest BCUT2D eigenvalue weighted by atomic mass is 16.5. The number of fused-ring (bicyclic) bond motifs is 5. The van der Waals surface area contributed by atoms with Gasteiger partial charge >= 0.3 is 0 Å². The quantitative estimate of drug-likeness (QED) is 0.636. The molecule has 0 fully saturated rings. The zero-order chi connectivity index (χ0) is 21.3. The Bertz CT molecular complexity index is 1070. The molecular weight excluding hydrogens is 384 g/mol. The van der Waals surface area contributed by atoms with Gasteiger partial charge in [0.1, 0.15) is 23.4 Å². The van der Waals surface area contributed by atoms with E-state index in [0.717, 1.165) is 12.8 Å². The summed E-state index contributed by atoms with van der Waals surface area (Å²) in [4.78, 5) is 21.9. The van der Waals surface area contributed by atoms with Crippen molar-refractivity contribution in [1.29, 1.82) is 0 Å². The van der Waals surface area contributed by atoms with Gasteiger partial charge in [0.2, 0.25) is 5.88 Å². The van der Waals surface area contributed by atoms with Gasteiger partial charge in [0.15, 0.2) is 5.82 Å². The van der Waals surface area contributed by atoms with E-state index in [1.54, 1.807) is 38.4 Å². The number of aliphatic hydroxyl groups is 1. The number of carbonyl (C=O) groups excluding carboxylic acids is 1. The Morgan fingerprint density at radius 3 is 2.97 bits per heavy atom. The number of hydrogen-bond acceptors (Lipinski definition) is 7. The van der Waals surface area contributed by atoms with Crippen LogP contribution in [0.3, 0.4) is 0 Å². The van der Waals surface area contributed by atoms with Crippen molar-refractivity contribution in [2.45, 2.75) is 45.3 Å². The van der Waals surface area contributed by atoms with Gasteiger partial charge in [-0.15, -0.1) is 10.2 Å². The number of pyridine rings is 2. The van der Waals surface area contributed by atoms with Crippen molar-refractivity contribution in [2.24, 2.45) is 0 Å². The molecule has 0 aliphatic carbocycles. The maximum atomic E-state index is 13.0. The summed E-state index contributed by atoms with van der Waals surface area (Å²) < 4.78 is 7.80. The van der Waals surface area contributed by atoms with Crippen LogP contribution in [0.1, 0.15) is 55.6 Å². The normalized spacial score (nSPS) is 17.2. The van der Waals surface area contributed by atoms with Crippen LogP contribution in [0.2, 0.25) is 0 Å². The van der Waals surface area contributed by atoms with Gasteiger partial charge in [0.25, 0.3) is 5.91 Å². The van der Waals surface area contributed by atoms with E-state index in [1.807, 2.05) is 10.6 Å². The number of carbonyl (C=O) groups is 1. The minimum atomic E-state index is -1.14. The van der Waals surface area contributed by atoms with Gasteiger partial charge in [-0.1, -0.05) is 6.07 Å². The molecular formula is C21H24N6O3. The van der Waals surface area contributed by atoms with E-state index in [0.29, 0.717) is 29.5 Å². The molecule has 9 nitrogen and oxygen atoms in total. The second-order valence-corrected chi connectivity index (χ2v) is 7.90. The van der Waals surface area contributed by atoms with E-state index in [9.17, 15) is 9.90 Å². The lowest BCUT2D eigenvalue weighted by Gasteiger charge is -2.20. The molecule has 1 unspecified atom stereocenters. The number of rotatable bonds is 1. The molecule has 30 heavy (non-hydrogen) atoms. The van der Waals surface area contributed by atoms with Crippen LogP contribution in [0.4, 0.5) is 5.82 Å². The van der Waals surface area contributed by atoms with Crippen LogP contribution < -0.4 is 10.1 Å². The monoisotopic (exact) mass is 408 g/mol. The van der Waals surface area contributed by atoms with Crippen molar-refractivity contribution in [3.63, 3.8) is 0 Å². The summed E-state index contributed by atoms with van der Waals surface area (Å²) in [6.45, 7) is 5.77. The van der Waals surface area contributed by atoms with E-state index in [-0.39, 0.29) is 17.5 Å². The molecule has 4 rings (SSSR count). The first kappa shape index (κ1) is 20.0. The van der Waals surface area contributed by atoms with Crippen molar-refractivity contribution in [1.82, 2.24) is 24.7 Å². The van der Waals surface area contributed by atoms with Gasteiger partial charge in [-0.3, -0.25) is 4.79 Å². The molecule has 4 heterocycles. The summed E-state index contributed by atoms with van der Waals surface area (Å²) in [5, 5.41) is 21.4. The standard InChI is InChI=1S/C21H24N6O3/c1-13-6-5-9-30-20-15(10-14(11-22-20)21(2,3)29)19(28)25-17-8-4-7-16(24-17)18-26-23-12-27(13)18/h4,7-8,10-13,29H,5-6,9H2,1-3H3,(H,24,25,28). The lowest BCUT2D eigenvalue weighted by atomic mass is 9.98. The van der Waals surface area contributed by atoms with E-state index >= 15 is 0 Å². The molecule has 2 N–H and O–H groups in total. The fourth-order valence-corrected chi connectivity index (χ4v) is 3.31. The Balaban J connectivity index is 1.77. The van der Waals surface area contributed by atoms with Crippen molar-refractivity contribution >= 4 is 11.7 Å². The summed E-state index contributed by atoms with van der Waals surface area (Å²) in [5.74, 6) is 0.825. The van der Waals surface area contributed by atoms with Gasteiger partial charge < -0.3 is 19.7 Å². The summed E-state index contributed by atoms with van der Waals surface area (Å²) in [5.41, 5.74) is 0.243. The molecule has 0 aromatic carbocycles. The second-order valence-electron chi connectivity index (χ2n) is 7.90. The SMILES string of the molecule is CC1CCCOc2ncc(C(C)(C)O)cc2C(=O)Nc2cccc(n2)-c2nncn21. The average Bonchev–Trinajstić information content (AvgIpc) is 3.20. The lowest BCUT2D eigenvalue weighted by molar-refractivity contribution is 0.0779. The largest absolute Gasteiger partial charge is 0.477 e. The van der Waals surface area contributed by atoms with E-state index in [4.69, 9.17) is 4.74 Å². The predicted octanol–water partition coefficient (Wildman–Crippen LogP) is 2.95. The number of ether oxygens (including phenoxy) is 1. The smallest absolute Gasteiger partial charge is 0.262 e. The maximum Gasteiger partial charge on any atom is 0.262 e. The molecule has 1 atom stereocenters. The van der Waals surface area contributed by atoms with Crippen molar-refractivity contribution in [2.75, 3.05) is 11.9 Å². The van der Waals surface area contributed by atoms with Crippen LogP contribution in [0.25, 0.3) is 11.5 Å². The van der Waals surface area contributed by atoms with Crippen LogP contribution in [0.5, 0.6) is 5.88 Å². The topological polar surface area (TPSA) is 115 Å². The average molecular weight is 408 g/mol. The summed E-state index contributed by atoms with van der Waals surface area (Å²) in [6.07, 6.45) is 4.80. The first-order chi connectivity index (χ1) is 14.3. The molecule has 1 amide bonds. The fourth-order valence-electron chi connectivity index (χ4n) is 3.31. The van der Waals surface area contributed by atoms with E-state index in [2.05, 4.69) is 32.4 Å². The second kappa shape index (κ2) is 7.83. The Kier molecular flexibility index (Phi) is 5.21. The van der Waals surface area contributed by atoms with E-state index in [1.165, 1.54) is 6.20 Å². The Morgan fingerprint density at radius 1 is 1.33 bits per heavy atom. The van der Waals surface area contributed by atoms with Crippen LogP contribution in [0, 0.1) is 0 Å². The molecule has 3 aromatic heterocycles. The van der Waals surface area contributed by atoms with Crippen molar-refractivity contribution in [3.8, 4) is 17.4 Å². The lowest BCUT2D eigenvalue weighted by Crippen LogP contribution is -2.21. The zero-order valence-electron chi connectivity index (χ0n) is 17.2. The minimum absolute atomic E-state index is 0.145. The first-order valence-corrected chi connectivity index (χ1v) is 9.87. The Labute approximate surface area is 174 Å². The Hall–Kier alpha value is -3.33. The molecule has 0 radical (unpaired) electrons. The molecule has 3 aromatic rings. The number of aromatic nitrogens is 5. The number of anilines is 1. The summed E-state index contributed by atoms with van der Waals surface area (Å²) in [7, 11) is 0. The molecule has 1 aliphatic rings. The number of nitrogens with one attached hydrogen (secondary N) is 1. The number of amides is 1. The first-order valence-electron chi connectivity index (χ1n) is 9.87. The highest BCUT2D eigenvalue weighted by molar-refractivity contribution is 6.05. The van der Waals surface area contributed by atoms with Crippen molar-refractivity contribution in [3.05, 3.63) is 47.9 Å². The van der Waals surface area contributed by atoms with Crippen LogP contribution >= 0.6 is 0 Å². The minimum Gasteiger partial charge on any atom is -0.477 e. The molecule has 0 saturated heterocycles. The third-order valence-electron chi connectivity index (χ3n) is 5.07. The van der Waals surface area contributed by atoms with Crippen LogP contribution in [0.15, 0.2) is 36.8 Å². The number of hydrogen-bond donors (Lipinski definition) is 2. The van der Waals surface area contributed by atoms with Crippen LogP contribution in [-0.2, 0) is 5.60 Å². The maximum absolute atomic E-state index is 13.0. The van der Waals surface area contributed by atoms with Gasteiger partial charge in [0.05, 0.1) is 12.2 Å². The van der Waals surface area contributed by atoms with Gasteiger partial charge in [0, 0.05) is 17.8 Å². The van der Waals surface area contributed by atoms with Gasteiger partial charge in [-0.25, -0.2) is 9.97 Å². The van der Waals surface area contributed by atoms with Gasteiger partial charge in [-0.2, -0.15) is 0 Å². The molecule has 2 bridgehead atoms. The summed E-state index contributed by atoms with van der Waals surface area (Å²) in [6, 6.07) is 7.08. The summed E-state index contributed by atoms with van der Waals surface area (Å²) >= 11 is 0. The number of nitrogens with zero attached hydrogens (tertiary/aromatic N) is 5. The third kappa shape index (κ3) is 4.02. The highest BCUT2D eigenvalue weighted by Gasteiger charge is 2.23. The fraction of sp³-hybridized carbons (Fsp3) is 0.381. The molecule has 1 aliphatic heterocycles. The Morgan fingerprint density at radius 2 is 2.17 bits per heavy atom. The highest BCUT2D eigenvalue weighted by Crippen LogP contribution is 2.27. The molecule has 156 valence electrons. The predicted molar refractivity (Wildman–Crippen MR) is 110 cm³/mol. The third-order valence-corrected chi connectivity index (χ3v) is 5.07. The molecule has 0 saturated carbocycles. The van der Waals surface area contributed by atoms with Crippen LogP contribution in [-0.4, -0.2) is 42.4 Å². The van der Waals surface area contributed by atoms with Gasteiger partial charge in [-0.05, 0) is 51.8 Å². The van der Waals surface area contributed by atoms with E-state index < -0.39 is 11.5 Å².